The van der Waals surface area contributed by atoms with Crippen molar-refractivity contribution in [2.45, 2.75) is 6.42 Å². The molecule has 1 heterocycles. The molecule has 0 saturated carbocycles. The van der Waals surface area contributed by atoms with E-state index in [4.69, 9.17) is 9.84 Å². The molecule has 0 bridgehead atoms. The highest BCUT2D eigenvalue weighted by molar-refractivity contribution is 5.89. The Kier molecular flexibility index (Phi) is 4.94. The summed E-state index contributed by atoms with van der Waals surface area (Å²) in [4.78, 5) is 27.5. The van der Waals surface area contributed by atoms with Crippen molar-refractivity contribution in [1.82, 2.24) is 9.88 Å². The van der Waals surface area contributed by atoms with Crippen molar-refractivity contribution in [2.24, 2.45) is 0 Å². The number of aliphatic carboxylic acids is 1. The number of aromatic amines is 1. The number of nitrogens with one attached hydrogen (secondary N) is 1. The average molecular weight is 290 g/mol. The smallest absolute Gasteiger partial charge is 0.323 e. The SMILES string of the molecule is COCCN(CC(=O)O)C(=O)Cc1c[nH]c2ccccc12. The van der Waals surface area contributed by atoms with Crippen LogP contribution in [-0.2, 0) is 20.7 Å². The lowest BCUT2D eigenvalue weighted by Gasteiger charge is -2.20. The summed E-state index contributed by atoms with van der Waals surface area (Å²) in [5.74, 6) is -1.25. The van der Waals surface area contributed by atoms with Crippen LogP contribution in [0.3, 0.4) is 0 Å². The molecule has 2 aromatic rings. The van der Waals surface area contributed by atoms with Crippen LogP contribution in [0.25, 0.3) is 10.9 Å². The molecule has 0 atom stereocenters. The molecule has 0 radical (unpaired) electrons. The van der Waals surface area contributed by atoms with E-state index in [0.29, 0.717) is 6.61 Å². The van der Waals surface area contributed by atoms with Crippen molar-refractivity contribution in [3.05, 3.63) is 36.0 Å². The Hall–Kier alpha value is -2.34. The van der Waals surface area contributed by atoms with Gasteiger partial charge in [-0.2, -0.15) is 0 Å². The zero-order valence-corrected chi connectivity index (χ0v) is 11.8. The highest BCUT2D eigenvalue weighted by atomic mass is 16.5. The summed E-state index contributed by atoms with van der Waals surface area (Å²) >= 11 is 0. The maximum Gasteiger partial charge on any atom is 0.323 e. The zero-order chi connectivity index (χ0) is 15.2. The van der Waals surface area contributed by atoms with Crippen molar-refractivity contribution in [1.29, 1.82) is 0 Å². The molecule has 0 aliphatic rings. The highest BCUT2D eigenvalue weighted by Crippen LogP contribution is 2.18. The number of hydrogen-bond acceptors (Lipinski definition) is 3. The van der Waals surface area contributed by atoms with E-state index in [1.54, 1.807) is 6.20 Å². The molecule has 0 spiro atoms. The Bertz CT molecular complexity index is 635. The monoisotopic (exact) mass is 290 g/mol. The molecule has 112 valence electrons. The van der Waals surface area contributed by atoms with Crippen LogP contribution in [0.1, 0.15) is 5.56 Å². The summed E-state index contributed by atoms with van der Waals surface area (Å²) in [7, 11) is 1.52. The number of benzene rings is 1. The molecular formula is C15H18N2O4. The molecule has 6 nitrogen and oxygen atoms in total. The predicted octanol–water partition coefficient (Wildman–Crippen LogP) is 1.27. The van der Waals surface area contributed by atoms with Crippen LogP contribution in [0, 0.1) is 0 Å². The number of aromatic nitrogens is 1. The summed E-state index contributed by atoms with van der Waals surface area (Å²) in [6.45, 7) is 0.265. The Morgan fingerprint density at radius 2 is 2.10 bits per heavy atom. The zero-order valence-electron chi connectivity index (χ0n) is 11.8. The normalized spacial score (nSPS) is 10.7. The predicted molar refractivity (Wildman–Crippen MR) is 78.1 cm³/mol. The second kappa shape index (κ2) is 6.90. The number of ether oxygens (including phenoxy) is 1. The fourth-order valence-corrected chi connectivity index (χ4v) is 2.21. The molecule has 6 heteroatoms. The van der Waals surface area contributed by atoms with E-state index in [1.807, 2.05) is 24.3 Å². The number of nitrogens with zero attached hydrogens (tertiary/aromatic N) is 1. The second-order valence-corrected chi connectivity index (χ2v) is 4.74. The third kappa shape index (κ3) is 3.82. The molecule has 1 aromatic heterocycles. The molecule has 0 fully saturated rings. The second-order valence-electron chi connectivity index (χ2n) is 4.74. The van der Waals surface area contributed by atoms with Gasteiger partial charge in [0.25, 0.3) is 0 Å². The van der Waals surface area contributed by atoms with Crippen molar-refractivity contribution in [2.75, 3.05) is 26.8 Å². The van der Waals surface area contributed by atoms with E-state index in [2.05, 4.69) is 4.98 Å². The molecule has 0 aliphatic carbocycles. The minimum absolute atomic E-state index is 0.168. The van der Waals surface area contributed by atoms with E-state index < -0.39 is 5.97 Å². The number of rotatable bonds is 7. The maximum absolute atomic E-state index is 12.3. The number of hydrogen-bond donors (Lipinski definition) is 2. The number of amides is 1. The number of para-hydroxylation sites is 1. The van der Waals surface area contributed by atoms with Crippen LogP contribution in [0.5, 0.6) is 0 Å². The summed E-state index contributed by atoms with van der Waals surface area (Å²) in [5.41, 5.74) is 1.82. The fourth-order valence-electron chi connectivity index (χ4n) is 2.21. The van der Waals surface area contributed by atoms with E-state index in [0.717, 1.165) is 16.5 Å². The summed E-state index contributed by atoms with van der Waals surface area (Å²) in [6, 6.07) is 7.69. The fraction of sp³-hybridized carbons (Fsp3) is 0.333. The van der Waals surface area contributed by atoms with Crippen LogP contribution in [-0.4, -0.2) is 53.7 Å². The molecule has 0 unspecified atom stereocenters. The number of methoxy groups -OCH3 is 1. The van der Waals surface area contributed by atoms with Gasteiger partial charge in [0.05, 0.1) is 13.0 Å². The highest BCUT2D eigenvalue weighted by Gasteiger charge is 2.18. The lowest BCUT2D eigenvalue weighted by Crippen LogP contribution is -2.38. The number of carboxylic acid groups (broad SMARTS) is 1. The van der Waals surface area contributed by atoms with Gasteiger partial charge in [-0.15, -0.1) is 0 Å². The largest absolute Gasteiger partial charge is 0.480 e. The molecule has 0 aliphatic heterocycles. The first kappa shape index (κ1) is 15.1. The number of carboxylic acids is 1. The van der Waals surface area contributed by atoms with Gasteiger partial charge in [-0.25, -0.2) is 0 Å². The van der Waals surface area contributed by atoms with Gasteiger partial charge in [0.1, 0.15) is 6.54 Å². The third-order valence-electron chi connectivity index (χ3n) is 3.26. The molecule has 21 heavy (non-hydrogen) atoms. The van der Waals surface area contributed by atoms with Crippen molar-refractivity contribution >= 4 is 22.8 Å². The van der Waals surface area contributed by atoms with Crippen LogP contribution in [0.15, 0.2) is 30.5 Å². The summed E-state index contributed by atoms with van der Waals surface area (Å²) < 4.78 is 4.92. The molecule has 1 aromatic carbocycles. The van der Waals surface area contributed by atoms with Gasteiger partial charge in [0.2, 0.25) is 5.91 Å². The lowest BCUT2D eigenvalue weighted by molar-refractivity contribution is -0.144. The van der Waals surface area contributed by atoms with Gasteiger partial charge in [0.15, 0.2) is 0 Å². The quantitative estimate of drug-likeness (QED) is 0.804. The minimum Gasteiger partial charge on any atom is -0.480 e. The van der Waals surface area contributed by atoms with Gasteiger partial charge in [0, 0.05) is 30.8 Å². The third-order valence-corrected chi connectivity index (χ3v) is 3.26. The topological polar surface area (TPSA) is 82.6 Å². The van der Waals surface area contributed by atoms with Crippen molar-refractivity contribution < 1.29 is 19.4 Å². The van der Waals surface area contributed by atoms with Crippen LogP contribution in [0.2, 0.25) is 0 Å². The standard InChI is InChI=1S/C15H18N2O4/c1-21-7-6-17(10-15(19)20)14(18)8-11-9-16-13-5-3-2-4-12(11)13/h2-5,9,16H,6-8,10H2,1H3,(H,19,20). The van der Waals surface area contributed by atoms with E-state index >= 15 is 0 Å². The first-order valence-corrected chi connectivity index (χ1v) is 6.65. The van der Waals surface area contributed by atoms with Gasteiger partial charge < -0.3 is 19.7 Å². The Labute approximate surface area is 122 Å². The Balaban J connectivity index is 2.11. The Morgan fingerprint density at radius 1 is 1.33 bits per heavy atom. The Morgan fingerprint density at radius 3 is 2.81 bits per heavy atom. The molecule has 1 amide bonds. The molecule has 2 rings (SSSR count). The summed E-state index contributed by atoms with van der Waals surface area (Å²) in [6.07, 6.45) is 1.96. The van der Waals surface area contributed by atoms with Crippen LogP contribution < -0.4 is 0 Å². The van der Waals surface area contributed by atoms with Gasteiger partial charge in [-0.3, -0.25) is 9.59 Å². The van der Waals surface area contributed by atoms with Crippen molar-refractivity contribution in [3.63, 3.8) is 0 Å². The van der Waals surface area contributed by atoms with Crippen LogP contribution in [0.4, 0.5) is 0 Å². The van der Waals surface area contributed by atoms with E-state index in [9.17, 15) is 9.59 Å². The van der Waals surface area contributed by atoms with E-state index in [1.165, 1.54) is 12.0 Å². The van der Waals surface area contributed by atoms with Crippen LogP contribution >= 0.6 is 0 Å². The first-order chi connectivity index (χ1) is 10.1. The maximum atomic E-state index is 12.3. The molecule has 2 N–H and O–H groups in total. The van der Waals surface area contributed by atoms with Gasteiger partial charge in [-0.05, 0) is 11.6 Å². The first-order valence-electron chi connectivity index (χ1n) is 6.65. The number of H-pyrrole nitrogens is 1. The number of carbonyl (C=O) groups excluding carboxylic acids is 1. The van der Waals surface area contributed by atoms with Crippen molar-refractivity contribution in [3.8, 4) is 0 Å². The minimum atomic E-state index is -1.03. The van der Waals surface area contributed by atoms with Gasteiger partial charge in [-0.1, -0.05) is 18.2 Å². The summed E-state index contributed by atoms with van der Waals surface area (Å²) in [5, 5.41) is 9.87. The molecular weight excluding hydrogens is 272 g/mol. The van der Waals surface area contributed by atoms with E-state index in [-0.39, 0.29) is 25.4 Å². The number of carbonyl (C=O) groups is 2. The number of fused-ring (bicyclic) bond motifs is 1. The van der Waals surface area contributed by atoms with Gasteiger partial charge >= 0.3 is 5.97 Å². The average Bonchev–Trinajstić information content (AvgIpc) is 2.86. The lowest BCUT2D eigenvalue weighted by atomic mass is 10.1. The molecule has 0 saturated heterocycles.